The van der Waals surface area contributed by atoms with E-state index >= 15 is 0 Å². The molecule has 4 heterocycles. The zero-order valence-corrected chi connectivity index (χ0v) is 19.6. The van der Waals surface area contributed by atoms with Gasteiger partial charge in [0.2, 0.25) is 5.91 Å². The molecule has 2 atom stereocenters. The highest BCUT2D eigenvalue weighted by molar-refractivity contribution is 6.32. The lowest BCUT2D eigenvalue weighted by molar-refractivity contribution is -0.139. The van der Waals surface area contributed by atoms with Crippen molar-refractivity contribution in [2.45, 2.75) is 25.2 Å². The predicted octanol–water partition coefficient (Wildman–Crippen LogP) is 1.81. The lowest BCUT2D eigenvalue weighted by atomic mass is 9.99. The number of aromatic nitrogens is 4. The second-order valence-electron chi connectivity index (χ2n) is 8.98. The van der Waals surface area contributed by atoms with Crippen molar-refractivity contribution in [2.24, 2.45) is 0 Å². The Balaban J connectivity index is 1.07. The van der Waals surface area contributed by atoms with Crippen molar-refractivity contribution in [3.8, 4) is 5.69 Å². The number of cyclic esters (lactones) is 1. The van der Waals surface area contributed by atoms with Crippen LogP contribution in [0.4, 0.5) is 0 Å². The molecule has 3 aliphatic rings. The molecule has 11 heteroatoms. The standard InChI is InChI=1S/C24H23ClN6O4/c25-23-19(6-5-18-20(23)13-35-24(18)33)21-11-29-7-8-30(10-17(29)12-34-21)22(32)9-15-1-3-16(4-2-15)31-14-26-27-28-31/h1-6,14,17,21H,7-13H2/t17-,21+/m0/s1. The SMILES string of the molecule is O=C1OCc2c1ccc([C@H]1CN3CCN(C(=O)Cc4ccc(-n5cnnn5)cc4)C[C@H]3CO1)c2Cl. The predicted molar refractivity (Wildman–Crippen MR) is 124 cm³/mol. The van der Waals surface area contributed by atoms with Crippen molar-refractivity contribution < 1.29 is 19.1 Å². The summed E-state index contributed by atoms with van der Waals surface area (Å²) in [6.07, 6.45) is 1.70. The van der Waals surface area contributed by atoms with E-state index in [2.05, 4.69) is 20.4 Å². The molecule has 0 unspecified atom stereocenters. The lowest BCUT2D eigenvalue weighted by Crippen LogP contribution is -2.59. The molecule has 3 aliphatic heterocycles. The molecule has 180 valence electrons. The molecular weight excluding hydrogens is 472 g/mol. The summed E-state index contributed by atoms with van der Waals surface area (Å²) in [4.78, 5) is 29.1. The number of morpholine rings is 1. The van der Waals surface area contributed by atoms with Crippen LogP contribution in [0, 0.1) is 0 Å². The van der Waals surface area contributed by atoms with Crippen LogP contribution in [0.1, 0.15) is 33.2 Å². The van der Waals surface area contributed by atoms with Crippen LogP contribution in [0.2, 0.25) is 5.02 Å². The summed E-state index contributed by atoms with van der Waals surface area (Å²) in [6, 6.07) is 11.4. The number of piperazine rings is 1. The fourth-order valence-corrected chi connectivity index (χ4v) is 5.31. The Morgan fingerprint density at radius 2 is 1.97 bits per heavy atom. The molecule has 10 nitrogen and oxygen atoms in total. The smallest absolute Gasteiger partial charge is 0.338 e. The van der Waals surface area contributed by atoms with E-state index < -0.39 is 0 Å². The number of rotatable bonds is 4. The number of carbonyl (C=O) groups excluding carboxylic acids is 2. The van der Waals surface area contributed by atoms with Gasteiger partial charge in [-0.25, -0.2) is 9.48 Å². The monoisotopic (exact) mass is 494 g/mol. The minimum atomic E-state index is -0.331. The first kappa shape index (κ1) is 22.1. The number of hydrogen-bond donors (Lipinski definition) is 0. The highest BCUT2D eigenvalue weighted by Gasteiger charge is 2.37. The number of esters is 1. The molecule has 0 saturated carbocycles. The summed E-state index contributed by atoms with van der Waals surface area (Å²) in [7, 11) is 0. The first-order valence-corrected chi connectivity index (χ1v) is 11.9. The number of halogens is 1. The number of fused-ring (bicyclic) bond motifs is 2. The Morgan fingerprint density at radius 1 is 1.11 bits per heavy atom. The molecule has 0 radical (unpaired) electrons. The largest absolute Gasteiger partial charge is 0.457 e. The molecule has 0 N–H and O–H groups in total. The van der Waals surface area contributed by atoms with Gasteiger partial charge in [0.1, 0.15) is 12.9 Å². The van der Waals surface area contributed by atoms with Crippen molar-refractivity contribution in [1.29, 1.82) is 0 Å². The van der Waals surface area contributed by atoms with E-state index in [9.17, 15) is 9.59 Å². The van der Waals surface area contributed by atoms with Gasteiger partial charge in [-0.2, -0.15) is 0 Å². The third-order valence-electron chi connectivity index (χ3n) is 6.94. The van der Waals surface area contributed by atoms with Crippen LogP contribution >= 0.6 is 11.6 Å². The summed E-state index contributed by atoms with van der Waals surface area (Å²) >= 11 is 6.61. The Kier molecular flexibility index (Phi) is 5.71. The van der Waals surface area contributed by atoms with Gasteiger partial charge < -0.3 is 14.4 Å². The van der Waals surface area contributed by atoms with Crippen LogP contribution < -0.4 is 0 Å². The summed E-state index contributed by atoms with van der Waals surface area (Å²) in [6.45, 7) is 3.49. The third-order valence-corrected chi connectivity index (χ3v) is 7.39. The zero-order chi connectivity index (χ0) is 23.9. The van der Waals surface area contributed by atoms with Crippen LogP contribution in [0.15, 0.2) is 42.7 Å². The van der Waals surface area contributed by atoms with Crippen molar-refractivity contribution in [3.63, 3.8) is 0 Å². The number of ether oxygens (including phenoxy) is 2. The fraction of sp³-hybridized carbons (Fsp3) is 0.375. The highest BCUT2D eigenvalue weighted by Crippen LogP contribution is 2.37. The molecule has 1 aromatic heterocycles. The number of amides is 1. The van der Waals surface area contributed by atoms with Gasteiger partial charge in [-0.1, -0.05) is 29.8 Å². The molecule has 0 aliphatic carbocycles. The van der Waals surface area contributed by atoms with Crippen LogP contribution in [-0.2, 0) is 27.3 Å². The maximum absolute atomic E-state index is 13.0. The van der Waals surface area contributed by atoms with E-state index in [0.717, 1.165) is 28.9 Å². The summed E-state index contributed by atoms with van der Waals surface area (Å²) in [5.74, 6) is -0.226. The molecule has 2 aromatic carbocycles. The number of hydrogen-bond acceptors (Lipinski definition) is 8. The summed E-state index contributed by atoms with van der Waals surface area (Å²) < 4.78 is 12.9. The minimum absolute atomic E-state index is 0.105. The quantitative estimate of drug-likeness (QED) is 0.506. The van der Waals surface area contributed by atoms with Gasteiger partial charge in [0, 0.05) is 37.3 Å². The van der Waals surface area contributed by atoms with Gasteiger partial charge in [-0.3, -0.25) is 9.69 Å². The van der Waals surface area contributed by atoms with Gasteiger partial charge in [0.05, 0.1) is 41.4 Å². The van der Waals surface area contributed by atoms with E-state index in [1.165, 1.54) is 6.33 Å². The van der Waals surface area contributed by atoms with Crippen LogP contribution in [0.3, 0.4) is 0 Å². The van der Waals surface area contributed by atoms with Gasteiger partial charge in [-0.15, -0.1) is 5.10 Å². The summed E-state index contributed by atoms with van der Waals surface area (Å²) in [5.41, 5.74) is 3.94. The molecule has 3 aromatic rings. The van der Waals surface area contributed by atoms with Crippen molar-refractivity contribution in [3.05, 3.63) is 70.0 Å². The van der Waals surface area contributed by atoms with Crippen LogP contribution in [0.5, 0.6) is 0 Å². The summed E-state index contributed by atoms with van der Waals surface area (Å²) in [5, 5.41) is 11.7. The van der Waals surface area contributed by atoms with Crippen LogP contribution in [-0.4, -0.2) is 80.7 Å². The minimum Gasteiger partial charge on any atom is -0.457 e. The fourth-order valence-electron chi connectivity index (χ4n) is 4.97. The second kappa shape index (κ2) is 9.03. The van der Waals surface area contributed by atoms with E-state index in [1.807, 2.05) is 35.2 Å². The van der Waals surface area contributed by atoms with Gasteiger partial charge >= 0.3 is 5.97 Å². The van der Waals surface area contributed by atoms with Gasteiger partial charge in [-0.05, 0) is 34.2 Å². The first-order valence-electron chi connectivity index (χ1n) is 11.5. The second-order valence-corrected chi connectivity index (χ2v) is 9.36. The lowest BCUT2D eigenvalue weighted by Gasteiger charge is -2.46. The Morgan fingerprint density at radius 3 is 2.77 bits per heavy atom. The molecule has 0 spiro atoms. The van der Waals surface area contributed by atoms with E-state index in [4.69, 9.17) is 21.1 Å². The highest BCUT2D eigenvalue weighted by atomic mass is 35.5. The average molecular weight is 495 g/mol. The Hall–Kier alpha value is -3.34. The molecule has 2 fully saturated rings. The third kappa shape index (κ3) is 4.18. The van der Waals surface area contributed by atoms with Gasteiger partial charge in [0.25, 0.3) is 0 Å². The first-order chi connectivity index (χ1) is 17.1. The Bertz CT molecular complexity index is 1270. The van der Waals surface area contributed by atoms with E-state index in [1.54, 1.807) is 10.7 Å². The number of nitrogens with zero attached hydrogens (tertiary/aromatic N) is 6. The van der Waals surface area contributed by atoms with Gasteiger partial charge in [0.15, 0.2) is 0 Å². The normalized spacial score (nSPS) is 22.0. The molecular formula is C24H23ClN6O4. The molecule has 6 rings (SSSR count). The number of carbonyl (C=O) groups is 2. The van der Waals surface area contributed by atoms with E-state index in [-0.39, 0.29) is 30.6 Å². The zero-order valence-electron chi connectivity index (χ0n) is 18.8. The topological polar surface area (TPSA) is 103 Å². The molecule has 0 bridgehead atoms. The maximum Gasteiger partial charge on any atom is 0.338 e. The molecule has 1 amide bonds. The van der Waals surface area contributed by atoms with Crippen molar-refractivity contribution >= 4 is 23.5 Å². The number of benzene rings is 2. The molecule has 35 heavy (non-hydrogen) atoms. The van der Waals surface area contributed by atoms with E-state index in [0.29, 0.717) is 43.2 Å². The van der Waals surface area contributed by atoms with Crippen LogP contribution in [0.25, 0.3) is 5.69 Å². The average Bonchev–Trinajstić information content (AvgIpc) is 3.55. The molecule has 2 saturated heterocycles. The number of tetrazole rings is 1. The van der Waals surface area contributed by atoms with Crippen molar-refractivity contribution in [1.82, 2.24) is 30.0 Å². The maximum atomic E-state index is 13.0. The Labute approximate surface area is 206 Å². The van der Waals surface area contributed by atoms with Crippen molar-refractivity contribution in [2.75, 3.05) is 32.8 Å².